The van der Waals surface area contributed by atoms with Crippen LogP contribution < -0.4 is 10.1 Å². The van der Waals surface area contributed by atoms with Gasteiger partial charge in [-0.05, 0) is 12.1 Å². The Balaban J connectivity index is 2.50. The van der Waals surface area contributed by atoms with Crippen molar-refractivity contribution in [1.82, 2.24) is 5.32 Å². The van der Waals surface area contributed by atoms with Gasteiger partial charge < -0.3 is 20.3 Å². The summed E-state index contributed by atoms with van der Waals surface area (Å²) in [5.74, 6) is 0.365. The van der Waals surface area contributed by atoms with Crippen LogP contribution in [0.5, 0.6) is 11.5 Å². The van der Waals surface area contributed by atoms with Gasteiger partial charge in [-0.1, -0.05) is 15.9 Å². The van der Waals surface area contributed by atoms with E-state index >= 15 is 0 Å². The van der Waals surface area contributed by atoms with E-state index in [1.54, 1.807) is 12.1 Å². The number of hydrogen-bond donors (Lipinski definition) is 3. The fraction of sp³-hybridized carbons (Fsp3) is 0.400. The molecule has 1 saturated heterocycles. The van der Waals surface area contributed by atoms with Gasteiger partial charge >= 0.3 is 0 Å². The molecular formula is C10H12BrNO3. The van der Waals surface area contributed by atoms with Crippen molar-refractivity contribution in [1.29, 1.82) is 0 Å². The molecule has 0 amide bonds. The maximum atomic E-state index is 10.1. The molecule has 0 atom stereocenters. The van der Waals surface area contributed by atoms with Gasteiger partial charge in [0.15, 0.2) is 11.5 Å². The average molecular weight is 274 g/mol. The molecule has 2 rings (SSSR count). The molecular weight excluding hydrogens is 262 g/mol. The third-order valence-electron chi connectivity index (χ3n) is 2.60. The largest absolute Gasteiger partial charge is 0.504 e. The summed E-state index contributed by atoms with van der Waals surface area (Å²) >= 11 is 3.31. The number of phenolic OH excluding ortho intramolecular Hbond substituents is 1. The third-order valence-corrected chi connectivity index (χ3v) is 3.05. The molecule has 1 aliphatic heterocycles. The normalized spacial score (nSPS) is 18.3. The number of methoxy groups -OCH3 is 1. The molecule has 1 aromatic rings. The summed E-state index contributed by atoms with van der Waals surface area (Å²) in [6.45, 7) is 0.889. The van der Waals surface area contributed by atoms with Crippen LogP contribution in [-0.2, 0) is 5.60 Å². The number of nitrogens with one attached hydrogen (secondary N) is 1. The molecule has 0 saturated carbocycles. The second kappa shape index (κ2) is 3.66. The van der Waals surface area contributed by atoms with Crippen molar-refractivity contribution in [3.63, 3.8) is 0 Å². The second-order valence-corrected chi connectivity index (χ2v) is 4.56. The Hall–Kier alpha value is -0.780. The highest BCUT2D eigenvalue weighted by Crippen LogP contribution is 2.40. The molecule has 3 N–H and O–H groups in total. The van der Waals surface area contributed by atoms with E-state index < -0.39 is 5.60 Å². The van der Waals surface area contributed by atoms with Crippen molar-refractivity contribution in [2.75, 3.05) is 20.2 Å². The zero-order valence-electron chi connectivity index (χ0n) is 8.25. The van der Waals surface area contributed by atoms with E-state index in [-0.39, 0.29) is 5.75 Å². The number of aliphatic hydroxyl groups is 1. The molecule has 0 bridgehead atoms. The number of ether oxygens (including phenoxy) is 1. The Labute approximate surface area is 96.0 Å². The molecule has 1 fully saturated rings. The summed E-state index contributed by atoms with van der Waals surface area (Å²) in [4.78, 5) is 0. The minimum atomic E-state index is -0.985. The van der Waals surface area contributed by atoms with Crippen LogP contribution in [-0.4, -0.2) is 30.4 Å². The average Bonchev–Trinajstić information content (AvgIpc) is 2.17. The van der Waals surface area contributed by atoms with E-state index in [1.165, 1.54) is 7.11 Å². The van der Waals surface area contributed by atoms with Gasteiger partial charge in [-0.2, -0.15) is 0 Å². The zero-order chi connectivity index (χ0) is 11.1. The molecule has 0 aliphatic carbocycles. The fourth-order valence-electron chi connectivity index (χ4n) is 1.64. The summed E-state index contributed by atoms with van der Waals surface area (Å²) < 4.78 is 5.79. The monoisotopic (exact) mass is 273 g/mol. The minimum Gasteiger partial charge on any atom is -0.504 e. The van der Waals surface area contributed by atoms with Gasteiger partial charge in [-0.3, -0.25) is 0 Å². The number of hydrogen-bond acceptors (Lipinski definition) is 4. The Morgan fingerprint density at radius 1 is 1.47 bits per heavy atom. The van der Waals surface area contributed by atoms with Crippen molar-refractivity contribution < 1.29 is 14.9 Å². The summed E-state index contributed by atoms with van der Waals surface area (Å²) in [7, 11) is 1.48. The number of aromatic hydroxyl groups is 1. The number of phenols is 1. The molecule has 1 aliphatic rings. The van der Waals surface area contributed by atoms with Gasteiger partial charge in [-0.15, -0.1) is 0 Å². The molecule has 82 valence electrons. The minimum absolute atomic E-state index is 0.00435. The third kappa shape index (κ3) is 1.71. The lowest BCUT2D eigenvalue weighted by Crippen LogP contribution is -2.56. The van der Waals surface area contributed by atoms with Gasteiger partial charge in [0.25, 0.3) is 0 Å². The highest BCUT2D eigenvalue weighted by atomic mass is 79.9. The molecule has 0 radical (unpaired) electrons. The lowest BCUT2D eigenvalue weighted by Gasteiger charge is -2.38. The highest BCUT2D eigenvalue weighted by molar-refractivity contribution is 9.10. The van der Waals surface area contributed by atoms with Gasteiger partial charge in [0.05, 0.1) is 7.11 Å². The van der Waals surface area contributed by atoms with Gasteiger partial charge in [0.2, 0.25) is 0 Å². The Kier molecular flexibility index (Phi) is 2.62. The van der Waals surface area contributed by atoms with E-state index in [0.717, 1.165) is 4.47 Å². The standard InChI is InChI=1S/C10H12BrNO3/c1-15-8-3-6(11)2-7(9(8)13)10(14)4-12-5-10/h2-3,12-14H,4-5H2,1H3. The van der Waals surface area contributed by atoms with Crippen LogP contribution in [0, 0.1) is 0 Å². The summed E-state index contributed by atoms with van der Waals surface area (Å²) in [6.07, 6.45) is 0. The number of β-amino-alcohol motifs (C(OH)–C–C–N with tert-alkyl or cyclic N) is 1. The SMILES string of the molecule is COc1cc(Br)cc(C2(O)CNC2)c1O. The maximum Gasteiger partial charge on any atom is 0.164 e. The maximum absolute atomic E-state index is 10.1. The highest BCUT2D eigenvalue weighted by Gasteiger charge is 2.39. The lowest BCUT2D eigenvalue weighted by molar-refractivity contribution is -0.0167. The van der Waals surface area contributed by atoms with Crippen LogP contribution in [0.4, 0.5) is 0 Å². The predicted molar refractivity (Wildman–Crippen MR) is 59.1 cm³/mol. The number of benzene rings is 1. The van der Waals surface area contributed by atoms with Crippen LogP contribution in [0.3, 0.4) is 0 Å². The number of rotatable bonds is 2. The van der Waals surface area contributed by atoms with Crippen LogP contribution >= 0.6 is 15.9 Å². The number of halogens is 1. The summed E-state index contributed by atoms with van der Waals surface area (Å²) in [6, 6.07) is 3.37. The topological polar surface area (TPSA) is 61.7 Å². The second-order valence-electron chi connectivity index (χ2n) is 3.64. The molecule has 0 unspecified atom stereocenters. The van der Waals surface area contributed by atoms with E-state index in [9.17, 15) is 10.2 Å². The smallest absolute Gasteiger partial charge is 0.164 e. The van der Waals surface area contributed by atoms with E-state index in [0.29, 0.717) is 24.4 Å². The first-order chi connectivity index (χ1) is 7.07. The quantitative estimate of drug-likeness (QED) is 0.751. The Morgan fingerprint density at radius 3 is 2.60 bits per heavy atom. The molecule has 4 nitrogen and oxygen atoms in total. The molecule has 0 aromatic heterocycles. The van der Waals surface area contributed by atoms with E-state index in [1.807, 2.05) is 0 Å². The van der Waals surface area contributed by atoms with Crippen molar-refractivity contribution in [2.24, 2.45) is 0 Å². The zero-order valence-corrected chi connectivity index (χ0v) is 9.84. The Morgan fingerprint density at radius 2 is 2.13 bits per heavy atom. The molecule has 0 spiro atoms. The van der Waals surface area contributed by atoms with Gasteiger partial charge in [0, 0.05) is 23.1 Å². The van der Waals surface area contributed by atoms with Crippen molar-refractivity contribution in [3.8, 4) is 11.5 Å². The van der Waals surface area contributed by atoms with Crippen molar-refractivity contribution >= 4 is 15.9 Å². The molecule has 15 heavy (non-hydrogen) atoms. The van der Waals surface area contributed by atoms with Gasteiger partial charge in [0.1, 0.15) is 5.60 Å². The molecule has 1 heterocycles. The Bertz CT molecular complexity index is 390. The van der Waals surface area contributed by atoms with Gasteiger partial charge in [-0.25, -0.2) is 0 Å². The van der Waals surface area contributed by atoms with Crippen LogP contribution in [0.2, 0.25) is 0 Å². The van der Waals surface area contributed by atoms with E-state index in [4.69, 9.17) is 4.74 Å². The first-order valence-electron chi connectivity index (χ1n) is 4.57. The summed E-state index contributed by atoms with van der Waals surface area (Å²) in [5, 5.41) is 23.0. The first kappa shape index (κ1) is 10.7. The molecule has 1 aromatic carbocycles. The first-order valence-corrected chi connectivity index (χ1v) is 5.36. The van der Waals surface area contributed by atoms with Crippen LogP contribution in [0.1, 0.15) is 5.56 Å². The fourth-order valence-corrected chi connectivity index (χ4v) is 2.07. The van der Waals surface area contributed by atoms with Crippen molar-refractivity contribution in [2.45, 2.75) is 5.60 Å². The summed E-state index contributed by atoms with van der Waals surface area (Å²) in [5.41, 5.74) is -0.492. The van der Waals surface area contributed by atoms with E-state index in [2.05, 4.69) is 21.2 Å². The van der Waals surface area contributed by atoms with Crippen LogP contribution in [0.15, 0.2) is 16.6 Å². The predicted octanol–water partition coefficient (Wildman–Crippen LogP) is 0.954. The lowest BCUT2D eigenvalue weighted by atomic mass is 9.87. The molecule has 5 heteroatoms. The van der Waals surface area contributed by atoms with Crippen molar-refractivity contribution in [3.05, 3.63) is 22.2 Å². The van der Waals surface area contributed by atoms with Crippen LogP contribution in [0.25, 0.3) is 0 Å².